The van der Waals surface area contributed by atoms with Gasteiger partial charge in [0.05, 0.1) is 0 Å². The molecular formula is C17H30N4. The Morgan fingerprint density at radius 2 is 1.71 bits per heavy atom. The van der Waals surface area contributed by atoms with Crippen LogP contribution >= 0.6 is 0 Å². The molecule has 0 aromatic carbocycles. The molecule has 0 aliphatic carbocycles. The summed E-state index contributed by atoms with van der Waals surface area (Å²) in [5, 5.41) is 3.42. The van der Waals surface area contributed by atoms with Crippen LogP contribution in [0.1, 0.15) is 50.1 Å². The van der Waals surface area contributed by atoms with E-state index in [2.05, 4.69) is 37.9 Å². The Balaban J connectivity index is 2.09. The number of hydrogen-bond acceptors (Lipinski definition) is 4. The van der Waals surface area contributed by atoms with Crippen molar-refractivity contribution in [1.29, 1.82) is 0 Å². The van der Waals surface area contributed by atoms with Crippen molar-refractivity contribution >= 4 is 5.95 Å². The monoisotopic (exact) mass is 290 g/mol. The molecule has 4 nitrogen and oxygen atoms in total. The van der Waals surface area contributed by atoms with E-state index in [0.717, 1.165) is 49.9 Å². The summed E-state index contributed by atoms with van der Waals surface area (Å²) in [5.41, 5.74) is 3.65. The number of aryl methyl sites for hydroxylation is 2. The van der Waals surface area contributed by atoms with Crippen LogP contribution in [0, 0.1) is 19.8 Å². The third-order valence-electron chi connectivity index (χ3n) is 4.34. The average Bonchev–Trinajstić information content (AvgIpc) is 2.49. The van der Waals surface area contributed by atoms with Crippen LogP contribution in [0.25, 0.3) is 0 Å². The molecule has 4 heteroatoms. The number of rotatable bonds is 6. The predicted octanol–water partition coefficient (Wildman–Crippen LogP) is 2.87. The second-order valence-electron chi connectivity index (χ2n) is 6.34. The molecule has 21 heavy (non-hydrogen) atoms. The van der Waals surface area contributed by atoms with Crippen LogP contribution in [-0.4, -0.2) is 36.1 Å². The van der Waals surface area contributed by atoms with Crippen molar-refractivity contribution in [3.8, 4) is 0 Å². The fraction of sp³-hybridized carbons (Fsp3) is 0.765. The quantitative estimate of drug-likeness (QED) is 0.874. The lowest BCUT2D eigenvalue weighted by Gasteiger charge is -2.27. The molecule has 1 aromatic heterocycles. The van der Waals surface area contributed by atoms with E-state index in [-0.39, 0.29) is 0 Å². The summed E-state index contributed by atoms with van der Waals surface area (Å²) in [6.45, 7) is 13.0. The number of nitrogens with zero attached hydrogens (tertiary/aromatic N) is 3. The number of aromatic nitrogens is 2. The maximum absolute atomic E-state index is 4.79. The van der Waals surface area contributed by atoms with E-state index in [1.165, 1.54) is 24.8 Å². The maximum Gasteiger partial charge on any atom is 0.225 e. The first-order valence-electron chi connectivity index (χ1n) is 8.41. The second-order valence-corrected chi connectivity index (χ2v) is 6.34. The number of anilines is 1. The highest BCUT2D eigenvalue weighted by Gasteiger charge is 2.17. The second kappa shape index (κ2) is 7.74. The zero-order valence-electron chi connectivity index (χ0n) is 14.1. The largest absolute Gasteiger partial charge is 0.341 e. The lowest BCUT2D eigenvalue weighted by atomic mass is 9.99. The van der Waals surface area contributed by atoms with E-state index >= 15 is 0 Å². The maximum atomic E-state index is 4.79. The lowest BCUT2D eigenvalue weighted by Crippen LogP contribution is -2.31. The van der Waals surface area contributed by atoms with Crippen molar-refractivity contribution in [3.05, 3.63) is 17.0 Å². The molecule has 0 bridgehead atoms. The Hall–Kier alpha value is -1.16. The summed E-state index contributed by atoms with van der Waals surface area (Å²) < 4.78 is 0. The van der Waals surface area contributed by atoms with Gasteiger partial charge in [-0.1, -0.05) is 13.8 Å². The van der Waals surface area contributed by atoms with Gasteiger partial charge in [-0.2, -0.15) is 0 Å². The molecule has 1 aliphatic heterocycles. The molecule has 1 N–H and O–H groups in total. The zero-order valence-corrected chi connectivity index (χ0v) is 14.1. The van der Waals surface area contributed by atoms with Crippen LogP contribution in [0.5, 0.6) is 0 Å². The van der Waals surface area contributed by atoms with E-state index in [4.69, 9.17) is 9.97 Å². The molecule has 1 aliphatic rings. The van der Waals surface area contributed by atoms with Crippen LogP contribution in [0.3, 0.4) is 0 Å². The smallest absolute Gasteiger partial charge is 0.225 e. The average molecular weight is 290 g/mol. The minimum atomic E-state index is 0.617. The molecule has 2 rings (SSSR count). The summed E-state index contributed by atoms with van der Waals surface area (Å²) in [4.78, 5) is 11.9. The molecule has 0 saturated carbocycles. The predicted molar refractivity (Wildman–Crippen MR) is 89.0 cm³/mol. The molecule has 0 spiro atoms. The number of piperidine rings is 1. The van der Waals surface area contributed by atoms with E-state index in [9.17, 15) is 0 Å². The van der Waals surface area contributed by atoms with E-state index < -0.39 is 0 Å². The molecule has 0 amide bonds. The summed E-state index contributed by atoms with van der Waals surface area (Å²) >= 11 is 0. The van der Waals surface area contributed by atoms with Crippen LogP contribution in [0.2, 0.25) is 0 Å². The van der Waals surface area contributed by atoms with Crippen molar-refractivity contribution in [1.82, 2.24) is 15.3 Å². The minimum absolute atomic E-state index is 0.617. The molecule has 1 unspecified atom stereocenters. The molecule has 2 heterocycles. The number of hydrogen-bond donors (Lipinski definition) is 1. The lowest BCUT2D eigenvalue weighted by molar-refractivity contribution is 0.516. The summed E-state index contributed by atoms with van der Waals surface area (Å²) in [6, 6.07) is 0. The van der Waals surface area contributed by atoms with Crippen LogP contribution in [-0.2, 0) is 6.42 Å². The molecular weight excluding hydrogens is 260 g/mol. The third-order valence-corrected chi connectivity index (χ3v) is 4.34. The van der Waals surface area contributed by atoms with Crippen molar-refractivity contribution in [3.63, 3.8) is 0 Å². The standard InChI is InChI=1S/C17H30N4/c1-5-18-12-13(2)11-16-14(3)19-17(20-15(16)4)21-9-7-6-8-10-21/h13,18H,5-12H2,1-4H3. The van der Waals surface area contributed by atoms with Crippen LogP contribution in [0.15, 0.2) is 0 Å². The third kappa shape index (κ3) is 4.40. The van der Waals surface area contributed by atoms with Gasteiger partial charge in [0.25, 0.3) is 0 Å². The van der Waals surface area contributed by atoms with Gasteiger partial charge < -0.3 is 10.2 Å². The van der Waals surface area contributed by atoms with Gasteiger partial charge in [0.15, 0.2) is 0 Å². The normalized spacial score (nSPS) is 17.0. The Kier molecular flexibility index (Phi) is 5.97. The van der Waals surface area contributed by atoms with Gasteiger partial charge in [-0.15, -0.1) is 0 Å². The van der Waals surface area contributed by atoms with Gasteiger partial charge in [-0.05, 0) is 64.1 Å². The highest BCUT2D eigenvalue weighted by Crippen LogP contribution is 2.21. The first-order valence-corrected chi connectivity index (χ1v) is 8.41. The molecule has 0 radical (unpaired) electrons. The molecule has 1 atom stereocenters. The van der Waals surface area contributed by atoms with Crippen molar-refractivity contribution in [2.24, 2.45) is 5.92 Å². The Bertz CT molecular complexity index is 429. The van der Waals surface area contributed by atoms with E-state index in [1.807, 2.05) is 0 Å². The van der Waals surface area contributed by atoms with Crippen molar-refractivity contribution in [2.45, 2.75) is 53.4 Å². The fourth-order valence-corrected chi connectivity index (χ4v) is 3.06. The van der Waals surface area contributed by atoms with Crippen molar-refractivity contribution in [2.75, 3.05) is 31.1 Å². The van der Waals surface area contributed by atoms with Gasteiger partial charge in [-0.25, -0.2) is 9.97 Å². The first kappa shape index (κ1) is 16.2. The van der Waals surface area contributed by atoms with Gasteiger partial charge >= 0.3 is 0 Å². The van der Waals surface area contributed by atoms with Crippen LogP contribution in [0.4, 0.5) is 5.95 Å². The fourth-order valence-electron chi connectivity index (χ4n) is 3.06. The number of nitrogens with one attached hydrogen (secondary N) is 1. The SMILES string of the molecule is CCNCC(C)Cc1c(C)nc(N2CCCCC2)nc1C. The summed E-state index contributed by atoms with van der Waals surface area (Å²) in [6.07, 6.45) is 4.94. The van der Waals surface area contributed by atoms with Crippen LogP contribution < -0.4 is 10.2 Å². The highest BCUT2D eigenvalue weighted by atomic mass is 15.3. The van der Waals surface area contributed by atoms with E-state index in [1.54, 1.807) is 0 Å². The molecule has 1 fully saturated rings. The molecule has 118 valence electrons. The summed E-state index contributed by atoms with van der Waals surface area (Å²) in [7, 11) is 0. The Morgan fingerprint density at radius 1 is 1.10 bits per heavy atom. The Labute approximate surface area is 129 Å². The topological polar surface area (TPSA) is 41.1 Å². The molecule has 1 aromatic rings. The van der Waals surface area contributed by atoms with Gasteiger partial charge in [0.2, 0.25) is 5.95 Å². The first-order chi connectivity index (χ1) is 10.1. The van der Waals surface area contributed by atoms with Gasteiger partial charge in [-0.3, -0.25) is 0 Å². The van der Waals surface area contributed by atoms with Gasteiger partial charge in [0, 0.05) is 24.5 Å². The zero-order chi connectivity index (χ0) is 15.2. The molecule has 1 saturated heterocycles. The van der Waals surface area contributed by atoms with Crippen molar-refractivity contribution < 1.29 is 0 Å². The highest BCUT2D eigenvalue weighted by molar-refractivity contribution is 5.37. The van der Waals surface area contributed by atoms with E-state index in [0.29, 0.717) is 5.92 Å². The Morgan fingerprint density at radius 3 is 2.29 bits per heavy atom. The van der Waals surface area contributed by atoms with Gasteiger partial charge in [0.1, 0.15) is 0 Å². The summed E-state index contributed by atoms with van der Waals surface area (Å²) in [5.74, 6) is 1.56. The minimum Gasteiger partial charge on any atom is -0.341 e.